The van der Waals surface area contributed by atoms with E-state index in [9.17, 15) is 8.42 Å². The lowest BCUT2D eigenvalue weighted by Crippen LogP contribution is -2.50. The number of alkyl halides is 1. The molecule has 7 heteroatoms. The highest BCUT2D eigenvalue weighted by molar-refractivity contribution is 9.10. The number of halogens is 2. The molecular formula is C11H15Br2NO2S2. The summed E-state index contributed by atoms with van der Waals surface area (Å²) >= 11 is 7.99. The number of hydrogen-bond donors (Lipinski definition) is 1. The van der Waals surface area contributed by atoms with Crippen LogP contribution >= 0.6 is 43.2 Å². The quantitative estimate of drug-likeness (QED) is 0.756. The summed E-state index contributed by atoms with van der Waals surface area (Å²) in [6, 6.07) is 1.76. The molecule has 0 amide bonds. The molecule has 1 aliphatic carbocycles. The zero-order valence-corrected chi connectivity index (χ0v) is 14.6. The minimum absolute atomic E-state index is 0.319. The number of hydrogen-bond acceptors (Lipinski definition) is 3. The van der Waals surface area contributed by atoms with Gasteiger partial charge in [0.1, 0.15) is 4.21 Å². The standard InChI is InChI=1S/C11H15Br2NO2S2/c12-8-11(5-2-1-3-6-11)14-18(15,16)10-9(13)4-7-17-10/h4,7,14H,1-3,5-6,8H2. The van der Waals surface area contributed by atoms with Gasteiger partial charge in [-0.1, -0.05) is 35.2 Å². The average Bonchev–Trinajstić information content (AvgIpc) is 2.77. The molecule has 0 radical (unpaired) electrons. The Kier molecular flexibility index (Phi) is 4.91. The van der Waals surface area contributed by atoms with Gasteiger partial charge in [0, 0.05) is 15.3 Å². The highest BCUT2D eigenvalue weighted by Gasteiger charge is 2.36. The Morgan fingerprint density at radius 1 is 1.33 bits per heavy atom. The lowest BCUT2D eigenvalue weighted by atomic mass is 9.84. The van der Waals surface area contributed by atoms with Gasteiger partial charge in [0.25, 0.3) is 10.0 Å². The van der Waals surface area contributed by atoms with Gasteiger partial charge in [0.15, 0.2) is 0 Å². The van der Waals surface area contributed by atoms with E-state index in [1.807, 2.05) is 0 Å². The smallest absolute Gasteiger partial charge is 0.206 e. The van der Waals surface area contributed by atoms with Crippen LogP contribution in [0, 0.1) is 0 Å². The molecule has 1 N–H and O–H groups in total. The zero-order chi connectivity index (χ0) is 13.2. The third-order valence-electron chi connectivity index (χ3n) is 3.25. The molecule has 0 aliphatic heterocycles. The van der Waals surface area contributed by atoms with Crippen molar-refractivity contribution in [3.05, 3.63) is 15.9 Å². The van der Waals surface area contributed by atoms with Gasteiger partial charge in [-0.15, -0.1) is 11.3 Å². The second kappa shape index (κ2) is 5.91. The first-order valence-corrected chi connectivity index (χ1v) is 10.1. The van der Waals surface area contributed by atoms with E-state index in [0.717, 1.165) is 25.7 Å². The lowest BCUT2D eigenvalue weighted by molar-refractivity contribution is 0.301. The summed E-state index contributed by atoms with van der Waals surface area (Å²) in [5.41, 5.74) is -0.319. The van der Waals surface area contributed by atoms with Gasteiger partial charge in [-0.25, -0.2) is 13.1 Å². The van der Waals surface area contributed by atoms with E-state index < -0.39 is 10.0 Å². The van der Waals surface area contributed by atoms with E-state index in [-0.39, 0.29) is 5.54 Å². The molecule has 0 aromatic carbocycles. The topological polar surface area (TPSA) is 46.2 Å². The fourth-order valence-corrected chi connectivity index (χ4v) is 6.98. The Bertz CT molecular complexity index is 507. The molecule has 2 rings (SSSR count). The summed E-state index contributed by atoms with van der Waals surface area (Å²) in [7, 11) is -3.43. The molecule has 0 atom stereocenters. The molecule has 0 unspecified atom stereocenters. The van der Waals surface area contributed by atoms with Crippen molar-refractivity contribution in [3.8, 4) is 0 Å². The molecule has 0 spiro atoms. The lowest BCUT2D eigenvalue weighted by Gasteiger charge is -2.36. The van der Waals surface area contributed by atoms with Gasteiger partial charge in [0.05, 0.1) is 0 Å². The Morgan fingerprint density at radius 3 is 2.50 bits per heavy atom. The van der Waals surface area contributed by atoms with Crippen LogP contribution in [0.15, 0.2) is 20.1 Å². The van der Waals surface area contributed by atoms with Crippen LogP contribution in [0.5, 0.6) is 0 Å². The largest absolute Gasteiger partial charge is 0.251 e. The van der Waals surface area contributed by atoms with Gasteiger partial charge in [0.2, 0.25) is 0 Å². The molecule has 1 heterocycles. The normalized spacial score (nSPS) is 19.9. The molecule has 1 aliphatic rings. The van der Waals surface area contributed by atoms with E-state index in [0.29, 0.717) is 14.0 Å². The Morgan fingerprint density at radius 2 is 2.00 bits per heavy atom. The first-order chi connectivity index (χ1) is 8.49. The van der Waals surface area contributed by atoms with Gasteiger partial charge >= 0.3 is 0 Å². The van der Waals surface area contributed by atoms with Gasteiger partial charge in [-0.05, 0) is 40.2 Å². The molecule has 1 fully saturated rings. The number of thiophene rings is 1. The summed E-state index contributed by atoms with van der Waals surface area (Å²) in [4.78, 5) is 0. The van der Waals surface area contributed by atoms with E-state index >= 15 is 0 Å². The maximum atomic E-state index is 12.4. The van der Waals surface area contributed by atoms with E-state index in [4.69, 9.17) is 0 Å². The first-order valence-electron chi connectivity index (χ1n) is 5.82. The summed E-state index contributed by atoms with van der Waals surface area (Å²) in [6.07, 6.45) is 5.17. The van der Waals surface area contributed by atoms with Crippen molar-refractivity contribution >= 4 is 53.2 Å². The highest BCUT2D eigenvalue weighted by atomic mass is 79.9. The van der Waals surface area contributed by atoms with Crippen molar-refractivity contribution in [2.45, 2.75) is 41.9 Å². The summed E-state index contributed by atoms with van der Waals surface area (Å²) in [6.45, 7) is 0. The molecule has 1 aromatic heterocycles. The predicted octanol–water partition coefficient (Wildman–Crippen LogP) is 3.89. The van der Waals surface area contributed by atoms with Crippen molar-refractivity contribution in [1.29, 1.82) is 0 Å². The van der Waals surface area contributed by atoms with Crippen LogP contribution in [-0.4, -0.2) is 19.3 Å². The molecule has 3 nitrogen and oxygen atoms in total. The molecule has 102 valence electrons. The van der Waals surface area contributed by atoms with Crippen molar-refractivity contribution in [2.75, 3.05) is 5.33 Å². The van der Waals surface area contributed by atoms with E-state index in [1.54, 1.807) is 11.4 Å². The van der Waals surface area contributed by atoms with E-state index in [2.05, 4.69) is 36.6 Å². The van der Waals surface area contributed by atoms with Crippen LogP contribution in [-0.2, 0) is 10.0 Å². The summed E-state index contributed by atoms with van der Waals surface area (Å²) in [5.74, 6) is 0. The molecule has 1 saturated carbocycles. The molecule has 18 heavy (non-hydrogen) atoms. The third kappa shape index (κ3) is 3.17. The fraction of sp³-hybridized carbons (Fsp3) is 0.636. The SMILES string of the molecule is O=S(=O)(NC1(CBr)CCCCC1)c1sccc1Br. The van der Waals surface area contributed by atoms with Gasteiger partial charge in [-0.3, -0.25) is 0 Å². The predicted molar refractivity (Wildman–Crippen MR) is 82.0 cm³/mol. The van der Waals surface area contributed by atoms with Crippen LogP contribution in [0.1, 0.15) is 32.1 Å². The van der Waals surface area contributed by atoms with Gasteiger partial charge < -0.3 is 0 Å². The zero-order valence-electron chi connectivity index (χ0n) is 9.79. The Hall–Kier alpha value is 0.570. The number of rotatable bonds is 4. The highest BCUT2D eigenvalue weighted by Crippen LogP contribution is 2.34. The van der Waals surface area contributed by atoms with Gasteiger partial charge in [-0.2, -0.15) is 0 Å². The first kappa shape index (κ1) is 15.0. The van der Waals surface area contributed by atoms with Crippen LogP contribution in [0.2, 0.25) is 0 Å². The Balaban J connectivity index is 2.24. The molecule has 1 aromatic rings. The third-order valence-corrected chi connectivity index (χ3v) is 8.57. The van der Waals surface area contributed by atoms with Crippen molar-refractivity contribution in [3.63, 3.8) is 0 Å². The number of sulfonamides is 1. The maximum absolute atomic E-state index is 12.4. The molecule has 0 bridgehead atoms. The van der Waals surface area contributed by atoms with Crippen LogP contribution < -0.4 is 4.72 Å². The van der Waals surface area contributed by atoms with Crippen LogP contribution in [0.4, 0.5) is 0 Å². The van der Waals surface area contributed by atoms with Crippen molar-refractivity contribution in [1.82, 2.24) is 4.72 Å². The summed E-state index contributed by atoms with van der Waals surface area (Å²) < 4.78 is 28.7. The van der Waals surface area contributed by atoms with Crippen LogP contribution in [0.25, 0.3) is 0 Å². The number of nitrogens with one attached hydrogen (secondary N) is 1. The maximum Gasteiger partial charge on any atom is 0.251 e. The summed E-state index contributed by atoms with van der Waals surface area (Å²) in [5, 5.41) is 2.45. The molecular weight excluding hydrogens is 402 g/mol. The fourth-order valence-electron chi connectivity index (χ4n) is 2.29. The molecule has 0 saturated heterocycles. The monoisotopic (exact) mass is 415 g/mol. The van der Waals surface area contributed by atoms with Crippen molar-refractivity contribution < 1.29 is 8.42 Å². The average molecular weight is 417 g/mol. The minimum atomic E-state index is -3.43. The van der Waals surface area contributed by atoms with E-state index in [1.165, 1.54) is 17.8 Å². The van der Waals surface area contributed by atoms with Crippen molar-refractivity contribution in [2.24, 2.45) is 0 Å². The second-order valence-electron chi connectivity index (χ2n) is 4.64. The van der Waals surface area contributed by atoms with Crippen LogP contribution in [0.3, 0.4) is 0 Å². The Labute approximate surface area is 129 Å². The minimum Gasteiger partial charge on any atom is -0.206 e. The second-order valence-corrected chi connectivity index (χ2v) is 8.84.